The molecule has 5 aromatic rings. The number of H-pyrrole nitrogens is 1. The summed E-state index contributed by atoms with van der Waals surface area (Å²) >= 11 is 6.49. The highest BCUT2D eigenvalue weighted by Gasteiger charge is 2.18. The van der Waals surface area contributed by atoms with E-state index < -0.39 is 0 Å². The van der Waals surface area contributed by atoms with E-state index in [9.17, 15) is 4.79 Å². The van der Waals surface area contributed by atoms with Gasteiger partial charge in [0.25, 0.3) is 0 Å². The molecular weight excluding hydrogens is 490 g/mol. The second kappa shape index (κ2) is 10.8. The van der Waals surface area contributed by atoms with Crippen molar-refractivity contribution in [2.45, 2.75) is 32.7 Å². The standard InChI is InChI=1S/C27H26ClN7O2/c1-3-4-8-19-17-35(25-22(28)11-7-12-24(25)37-2)27(36)34(19)16-18-13-14-23(29-15-18)20-9-5-6-10-21(20)26-30-32-33-31-26/h5-7,9-15,17H,3-4,8,16H2,1-2H3,(H,30,31,32,33). The molecule has 1 N–H and O–H groups in total. The average Bonchev–Trinajstić information content (AvgIpc) is 3.57. The number of hydrogen-bond donors (Lipinski definition) is 1. The number of aromatic nitrogens is 7. The van der Waals surface area contributed by atoms with Crippen molar-refractivity contribution in [1.29, 1.82) is 0 Å². The van der Waals surface area contributed by atoms with Gasteiger partial charge in [-0.05, 0) is 47.0 Å². The molecule has 5 rings (SSSR count). The van der Waals surface area contributed by atoms with Crippen molar-refractivity contribution in [2.24, 2.45) is 0 Å². The smallest absolute Gasteiger partial charge is 0.333 e. The van der Waals surface area contributed by atoms with E-state index in [1.165, 1.54) is 0 Å². The van der Waals surface area contributed by atoms with E-state index in [2.05, 4.69) is 27.5 Å². The molecule has 0 aliphatic rings. The third-order valence-electron chi connectivity index (χ3n) is 6.23. The minimum atomic E-state index is -0.176. The Bertz CT molecular complexity index is 1560. The Kier molecular flexibility index (Phi) is 7.14. The van der Waals surface area contributed by atoms with E-state index in [4.69, 9.17) is 21.3 Å². The first-order valence-corrected chi connectivity index (χ1v) is 12.4. The number of unbranched alkanes of at least 4 members (excludes halogenated alkanes) is 1. The van der Waals surface area contributed by atoms with Crippen LogP contribution in [0.4, 0.5) is 0 Å². The summed E-state index contributed by atoms with van der Waals surface area (Å²) in [6.45, 7) is 2.52. The lowest BCUT2D eigenvalue weighted by molar-refractivity contribution is 0.412. The van der Waals surface area contributed by atoms with E-state index >= 15 is 0 Å². The van der Waals surface area contributed by atoms with Crippen LogP contribution < -0.4 is 10.4 Å². The molecule has 0 aliphatic heterocycles. The molecule has 188 valence electrons. The van der Waals surface area contributed by atoms with Gasteiger partial charge in [0.2, 0.25) is 0 Å². The van der Waals surface area contributed by atoms with Gasteiger partial charge in [0, 0.05) is 29.2 Å². The molecule has 0 unspecified atom stereocenters. The molecule has 0 bridgehead atoms. The largest absolute Gasteiger partial charge is 0.494 e. The molecule has 0 saturated carbocycles. The van der Waals surface area contributed by atoms with Gasteiger partial charge in [-0.1, -0.05) is 61.3 Å². The van der Waals surface area contributed by atoms with Crippen LogP contribution in [0, 0.1) is 0 Å². The van der Waals surface area contributed by atoms with Crippen LogP contribution in [0.25, 0.3) is 28.3 Å². The SMILES string of the molecule is CCCCc1cn(-c2c(Cl)cccc2OC)c(=O)n1Cc1ccc(-c2ccccc2-c2nnn[nH]2)nc1. The normalized spacial score (nSPS) is 11.1. The molecule has 37 heavy (non-hydrogen) atoms. The van der Waals surface area contributed by atoms with Crippen LogP contribution >= 0.6 is 11.6 Å². The molecular formula is C27H26ClN7O2. The summed E-state index contributed by atoms with van der Waals surface area (Å²) in [5.74, 6) is 1.12. The summed E-state index contributed by atoms with van der Waals surface area (Å²) in [5, 5.41) is 14.7. The first kappa shape index (κ1) is 24.5. The quantitative estimate of drug-likeness (QED) is 0.298. The fraction of sp³-hybridized carbons (Fsp3) is 0.222. The highest BCUT2D eigenvalue weighted by atomic mass is 35.5. The van der Waals surface area contributed by atoms with Gasteiger partial charge in [-0.15, -0.1) is 5.10 Å². The zero-order valence-electron chi connectivity index (χ0n) is 20.6. The van der Waals surface area contributed by atoms with Crippen LogP contribution in [0.3, 0.4) is 0 Å². The van der Waals surface area contributed by atoms with Crippen LogP contribution in [-0.2, 0) is 13.0 Å². The third kappa shape index (κ3) is 4.90. The lowest BCUT2D eigenvalue weighted by Crippen LogP contribution is -2.25. The Balaban J connectivity index is 1.50. The van der Waals surface area contributed by atoms with E-state index in [1.807, 2.05) is 42.6 Å². The molecule has 10 heteroatoms. The Morgan fingerprint density at radius 1 is 1.05 bits per heavy atom. The van der Waals surface area contributed by atoms with E-state index in [0.717, 1.165) is 47.3 Å². The van der Waals surface area contributed by atoms with Gasteiger partial charge in [0.05, 0.1) is 24.4 Å². The number of tetrazole rings is 1. The summed E-state index contributed by atoms with van der Waals surface area (Å²) in [7, 11) is 1.57. The average molecular weight is 516 g/mol. The Morgan fingerprint density at radius 3 is 2.59 bits per heavy atom. The second-order valence-corrected chi connectivity index (χ2v) is 9.01. The van der Waals surface area contributed by atoms with Gasteiger partial charge in [-0.25, -0.2) is 9.89 Å². The van der Waals surface area contributed by atoms with Gasteiger partial charge < -0.3 is 4.74 Å². The molecule has 9 nitrogen and oxygen atoms in total. The van der Waals surface area contributed by atoms with Crippen molar-refractivity contribution < 1.29 is 4.74 Å². The fourth-order valence-corrected chi connectivity index (χ4v) is 4.61. The number of aryl methyl sites for hydroxylation is 1. The van der Waals surface area contributed by atoms with Crippen molar-refractivity contribution >= 4 is 11.6 Å². The first-order chi connectivity index (χ1) is 18.1. The molecule has 0 fully saturated rings. The van der Waals surface area contributed by atoms with E-state index in [0.29, 0.717) is 28.8 Å². The number of para-hydroxylation sites is 1. The zero-order valence-corrected chi connectivity index (χ0v) is 21.3. The number of hydrogen-bond acceptors (Lipinski definition) is 6. The zero-order chi connectivity index (χ0) is 25.8. The second-order valence-electron chi connectivity index (χ2n) is 8.60. The fourth-order valence-electron chi connectivity index (χ4n) is 4.35. The van der Waals surface area contributed by atoms with Crippen molar-refractivity contribution in [3.63, 3.8) is 0 Å². The number of methoxy groups -OCH3 is 1. The number of halogens is 1. The lowest BCUT2D eigenvalue weighted by atomic mass is 10.0. The maximum Gasteiger partial charge on any atom is 0.333 e. The molecule has 3 heterocycles. The summed E-state index contributed by atoms with van der Waals surface area (Å²) in [5.41, 5.74) is 4.76. The van der Waals surface area contributed by atoms with Crippen LogP contribution in [0.1, 0.15) is 31.0 Å². The monoisotopic (exact) mass is 515 g/mol. The summed E-state index contributed by atoms with van der Waals surface area (Å²) < 4.78 is 8.86. The molecule has 0 saturated heterocycles. The molecule has 0 amide bonds. The molecule has 2 aromatic carbocycles. The van der Waals surface area contributed by atoms with Gasteiger partial charge >= 0.3 is 5.69 Å². The summed E-state index contributed by atoms with van der Waals surface area (Å²) in [4.78, 5) is 18.3. The van der Waals surface area contributed by atoms with Crippen molar-refractivity contribution in [2.75, 3.05) is 7.11 Å². The van der Waals surface area contributed by atoms with Crippen LogP contribution in [-0.4, -0.2) is 41.9 Å². The highest BCUT2D eigenvalue weighted by Crippen LogP contribution is 2.30. The van der Waals surface area contributed by atoms with Gasteiger partial charge in [-0.3, -0.25) is 14.1 Å². The Morgan fingerprint density at radius 2 is 1.89 bits per heavy atom. The van der Waals surface area contributed by atoms with E-state index in [-0.39, 0.29) is 5.69 Å². The number of nitrogens with one attached hydrogen (secondary N) is 1. The molecule has 0 aliphatic carbocycles. The van der Waals surface area contributed by atoms with Gasteiger partial charge in [0.1, 0.15) is 11.4 Å². The molecule has 0 radical (unpaired) electrons. The molecule has 0 spiro atoms. The molecule has 3 aromatic heterocycles. The maximum atomic E-state index is 13.6. The van der Waals surface area contributed by atoms with Crippen molar-refractivity contribution in [1.82, 2.24) is 34.7 Å². The van der Waals surface area contributed by atoms with Crippen LogP contribution in [0.2, 0.25) is 5.02 Å². The van der Waals surface area contributed by atoms with Gasteiger partial charge in [-0.2, -0.15) is 0 Å². The van der Waals surface area contributed by atoms with Crippen LogP contribution in [0.5, 0.6) is 5.75 Å². The predicted molar refractivity (Wildman–Crippen MR) is 142 cm³/mol. The predicted octanol–water partition coefficient (Wildman–Crippen LogP) is 4.93. The van der Waals surface area contributed by atoms with E-state index in [1.54, 1.807) is 40.6 Å². The minimum absolute atomic E-state index is 0.176. The number of benzene rings is 2. The summed E-state index contributed by atoms with van der Waals surface area (Å²) in [6, 6.07) is 17.1. The Hall–Kier alpha value is -4.24. The number of rotatable bonds is 9. The maximum absolute atomic E-state index is 13.6. The Labute approximate surface area is 218 Å². The van der Waals surface area contributed by atoms with Crippen molar-refractivity contribution in [3.05, 3.63) is 93.8 Å². The third-order valence-corrected chi connectivity index (χ3v) is 6.53. The van der Waals surface area contributed by atoms with Crippen molar-refractivity contribution in [3.8, 4) is 34.1 Å². The van der Waals surface area contributed by atoms with Crippen LogP contribution in [0.15, 0.2) is 71.8 Å². The highest BCUT2D eigenvalue weighted by molar-refractivity contribution is 6.32. The number of ether oxygens (including phenoxy) is 1. The topological polar surface area (TPSA) is 104 Å². The summed E-state index contributed by atoms with van der Waals surface area (Å²) in [6.07, 6.45) is 6.42. The number of pyridine rings is 1. The lowest BCUT2D eigenvalue weighted by Gasteiger charge is -2.10. The minimum Gasteiger partial charge on any atom is -0.494 e. The number of aromatic amines is 1. The number of nitrogens with zero attached hydrogens (tertiary/aromatic N) is 6. The molecule has 0 atom stereocenters. The van der Waals surface area contributed by atoms with Gasteiger partial charge in [0.15, 0.2) is 5.82 Å². The number of imidazole rings is 1. The first-order valence-electron chi connectivity index (χ1n) is 12.0.